The number of Topliss-reactive ketones (excluding diaryl/α,β-unsaturated/α-hetero) is 1. The van der Waals surface area contributed by atoms with Crippen LogP contribution in [0.4, 0.5) is 13.2 Å². The number of para-hydroxylation sites is 1. The first-order valence-corrected chi connectivity index (χ1v) is 7.48. The smallest absolute Gasteiger partial charge is 0.452 e. The molecule has 0 fully saturated rings. The lowest BCUT2D eigenvalue weighted by Crippen LogP contribution is -2.49. The third-order valence-electron chi connectivity index (χ3n) is 3.33. The summed E-state index contributed by atoms with van der Waals surface area (Å²) in [6, 6.07) is 14.8. The van der Waals surface area contributed by atoms with Crippen molar-refractivity contribution in [3.63, 3.8) is 0 Å². The third-order valence-corrected chi connectivity index (χ3v) is 3.33. The Hall–Kier alpha value is -2.83. The van der Waals surface area contributed by atoms with Gasteiger partial charge in [-0.1, -0.05) is 48.5 Å². The fourth-order valence-electron chi connectivity index (χ4n) is 2.16. The fourth-order valence-corrected chi connectivity index (χ4v) is 2.16. The van der Waals surface area contributed by atoms with Gasteiger partial charge in [0.2, 0.25) is 0 Å². The minimum Gasteiger partial charge on any atom is -0.484 e. The van der Waals surface area contributed by atoms with Crippen molar-refractivity contribution in [2.45, 2.75) is 18.6 Å². The molecule has 0 saturated carbocycles. The van der Waals surface area contributed by atoms with E-state index in [4.69, 9.17) is 4.74 Å². The molecule has 1 N–H and O–H groups in total. The molecule has 25 heavy (non-hydrogen) atoms. The lowest BCUT2D eigenvalue weighted by atomic mass is 10.0. The number of ether oxygens (including phenoxy) is 1. The van der Waals surface area contributed by atoms with Crippen molar-refractivity contribution in [3.8, 4) is 5.75 Å². The molecule has 1 atom stereocenters. The lowest BCUT2D eigenvalue weighted by molar-refractivity contribution is -0.173. The Balaban J connectivity index is 2.02. The molecule has 0 aliphatic heterocycles. The molecule has 2 aromatic rings. The second kappa shape index (κ2) is 8.32. The van der Waals surface area contributed by atoms with Gasteiger partial charge < -0.3 is 10.1 Å². The molecule has 0 aliphatic rings. The molecule has 0 radical (unpaired) electrons. The molecule has 0 saturated heterocycles. The number of ketones is 1. The number of hydrogen-bond donors (Lipinski definition) is 1. The summed E-state index contributed by atoms with van der Waals surface area (Å²) in [7, 11) is 0. The van der Waals surface area contributed by atoms with E-state index in [0.717, 1.165) is 0 Å². The predicted octanol–water partition coefficient (Wildman–Crippen LogP) is 2.92. The number of halogens is 3. The van der Waals surface area contributed by atoms with E-state index in [0.29, 0.717) is 11.3 Å². The second-order valence-electron chi connectivity index (χ2n) is 5.27. The Morgan fingerprint density at radius 2 is 1.52 bits per heavy atom. The number of alkyl halides is 3. The quantitative estimate of drug-likeness (QED) is 0.835. The van der Waals surface area contributed by atoms with Crippen LogP contribution in [-0.4, -0.2) is 30.5 Å². The second-order valence-corrected chi connectivity index (χ2v) is 5.27. The minimum absolute atomic E-state index is 0.254. The topological polar surface area (TPSA) is 55.4 Å². The average Bonchev–Trinajstić information content (AvgIpc) is 2.60. The zero-order valence-corrected chi connectivity index (χ0v) is 13.1. The average molecular weight is 351 g/mol. The highest BCUT2D eigenvalue weighted by Gasteiger charge is 2.43. The SMILES string of the molecule is O=C(COc1ccccc1)N[C@@H](Cc1ccccc1)C(=O)C(F)(F)F. The number of benzene rings is 2. The molecule has 2 rings (SSSR count). The van der Waals surface area contributed by atoms with E-state index in [1.54, 1.807) is 60.7 Å². The van der Waals surface area contributed by atoms with Gasteiger partial charge in [0.15, 0.2) is 6.61 Å². The molecule has 1 amide bonds. The van der Waals surface area contributed by atoms with E-state index in [9.17, 15) is 22.8 Å². The van der Waals surface area contributed by atoms with E-state index in [2.05, 4.69) is 5.32 Å². The Bertz CT molecular complexity index is 703. The summed E-state index contributed by atoms with van der Waals surface area (Å²) < 4.78 is 43.5. The molecule has 2 aromatic carbocycles. The minimum atomic E-state index is -5.03. The van der Waals surface area contributed by atoms with Crippen LogP contribution in [0.15, 0.2) is 60.7 Å². The number of hydrogen-bond acceptors (Lipinski definition) is 3. The summed E-state index contributed by atoms with van der Waals surface area (Å²) in [5, 5.41) is 2.11. The fraction of sp³-hybridized carbons (Fsp3) is 0.222. The monoisotopic (exact) mass is 351 g/mol. The first kappa shape index (κ1) is 18.5. The van der Waals surface area contributed by atoms with Crippen molar-refractivity contribution in [1.82, 2.24) is 5.32 Å². The zero-order valence-electron chi connectivity index (χ0n) is 13.1. The summed E-state index contributed by atoms with van der Waals surface area (Å²) in [6.45, 7) is -0.486. The lowest BCUT2D eigenvalue weighted by Gasteiger charge is -2.19. The van der Waals surface area contributed by atoms with Crippen LogP contribution >= 0.6 is 0 Å². The zero-order chi connectivity index (χ0) is 18.3. The van der Waals surface area contributed by atoms with Gasteiger partial charge in [-0.25, -0.2) is 0 Å². The van der Waals surface area contributed by atoms with E-state index in [1.807, 2.05) is 0 Å². The first-order chi connectivity index (χ1) is 11.9. The largest absolute Gasteiger partial charge is 0.484 e. The summed E-state index contributed by atoms with van der Waals surface area (Å²) >= 11 is 0. The van der Waals surface area contributed by atoms with Crippen molar-refractivity contribution >= 4 is 11.7 Å². The molecule has 0 bridgehead atoms. The standard InChI is InChI=1S/C18H16F3NO3/c19-18(20,21)17(24)15(11-13-7-3-1-4-8-13)22-16(23)12-25-14-9-5-2-6-10-14/h1-10,15H,11-12H2,(H,22,23)/t15-/m0/s1. The van der Waals surface area contributed by atoms with E-state index < -0.39 is 30.5 Å². The van der Waals surface area contributed by atoms with Gasteiger partial charge in [-0.2, -0.15) is 13.2 Å². The van der Waals surface area contributed by atoms with Gasteiger partial charge in [0, 0.05) is 6.42 Å². The van der Waals surface area contributed by atoms with Crippen LogP contribution in [0.5, 0.6) is 5.75 Å². The number of rotatable bonds is 7. The maximum absolute atomic E-state index is 12.8. The van der Waals surface area contributed by atoms with Crippen LogP contribution in [0, 0.1) is 0 Å². The maximum atomic E-state index is 12.8. The van der Waals surface area contributed by atoms with Gasteiger partial charge in [-0.3, -0.25) is 9.59 Å². The normalized spacial score (nSPS) is 12.3. The highest BCUT2D eigenvalue weighted by Crippen LogP contribution is 2.20. The molecular weight excluding hydrogens is 335 g/mol. The number of amides is 1. The van der Waals surface area contributed by atoms with Crippen molar-refractivity contribution in [1.29, 1.82) is 0 Å². The predicted molar refractivity (Wildman–Crippen MR) is 85.1 cm³/mol. The highest BCUT2D eigenvalue weighted by atomic mass is 19.4. The summed E-state index contributed by atoms with van der Waals surface area (Å²) in [6.07, 6.45) is -5.29. The van der Waals surface area contributed by atoms with Crippen molar-refractivity contribution in [3.05, 3.63) is 66.2 Å². The van der Waals surface area contributed by atoms with Crippen LogP contribution in [0.25, 0.3) is 0 Å². The molecule has 0 spiro atoms. The Morgan fingerprint density at radius 1 is 0.960 bits per heavy atom. The van der Waals surface area contributed by atoms with Gasteiger partial charge >= 0.3 is 6.18 Å². The first-order valence-electron chi connectivity index (χ1n) is 7.48. The third kappa shape index (κ3) is 5.95. The molecule has 132 valence electrons. The summed E-state index contributed by atoms with van der Waals surface area (Å²) in [5.74, 6) is -2.40. The van der Waals surface area contributed by atoms with E-state index in [1.165, 1.54) is 0 Å². The molecule has 0 aliphatic carbocycles. The van der Waals surface area contributed by atoms with Crippen molar-refractivity contribution in [2.24, 2.45) is 0 Å². The van der Waals surface area contributed by atoms with Gasteiger partial charge in [0.25, 0.3) is 11.7 Å². The Morgan fingerprint density at radius 3 is 2.08 bits per heavy atom. The summed E-state index contributed by atoms with van der Waals surface area (Å²) in [5.41, 5.74) is 0.509. The van der Waals surface area contributed by atoms with Gasteiger partial charge in [0.1, 0.15) is 11.8 Å². The maximum Gasteiger partial charge on any atom is 0.452 e. The Kier molecular flexibility index (Phi) is 6.16. The molecule has 0 aromatic heterocycles. The van der Waals surface area contributed by atoms with Crippen molar-refractivity contribution in [2.75, 3.05) is 6.61 Å². The van der Waals surface area contributed by atoms with E-state index >= 15 is 0 Å². The highest BCUT2D eigenvalue weighted by molar-refractivity contribution is 5.93. The van der Waals surface area contributed by atoms with Crippen LogP contribution < -0.4 is 10.1 Å². The van der Waals surface area contributed by atoms with Gasteiger partial charge in [0.05, 0.1) is 0 Å². The summed E-state index contributed by atoms with van der Waals surface area (Å²) in [4.78, 5) is 23.5. The van der Waals surface area contributed by atoms with Gasteiger partial charge in [-0.05, 0) is 17.7 Å². The number of carbonyl (C=O) groups is 2. The van der Waals surface area contributed by atoms with Crippen LogP contribution in [-0.2, 0) is 16.0 Å². The molecule has 7 heteroatoms. The van der Waals surface area contributed by atoms with E-state index in [-0.39, 0.29) is 6.42 Å². The molecule has 0 heterocycles. The number of nitrogens with one attached hydrogen (secondary N) is 1. The van der Waals surface area contributed by atoms with Crippen LogP contribution in [0.2, 0.25) is 0 Å². The van der Waals surface area contributed by atoms with Crippen molar-refractivity contribution < 1.29 is 27.5 Å². The molecule has 4 nitrogen and oxygen atoms in total. The molecular formula is C18H16F3NO3. The molecule has 0 unspecified atom stereocenters. The number of carbonyl (C=O) groups excluding carboxylic acids is 2. The van der Waals surface area contributed by atoms with Gasteiger partial charge in [-0.15, -0.1) is 0 Å². The Labute approximate surface area is 142 Å². The van der Waals surface area contributed by atoms with Crippen LogP contribution in [0.3, 0.4) is 0 Å². The van der Waals surface area contributed by atoms with Crippen LogP contribution in [0.1, 0.15) is 5.56 Å².